The Kier molecular flexibility index (Phi) is 5.50. The summed E-state index contributed by atoms with van der Waals surface area (Å²) in [4.78, 5) is 27.5. The Morgan fingerprint density at radius 1 is 1.16 bits per heavy atom. The number of amides is 1. The zero-order chi connectivity index (χ0) is 23.0. The average molecular weight is 442 g/mol. The molecule has 0 bridgehead atoms. The number of anilines is 2. The number of aryl methyl sites for hydroxylation is 1. The molecule has 1 aliphatic heterocycles. The van der Waals surface area contributed by atoms with E-state index in [-0.39, 0.29) is 5.69 Å². The molecule has 3 aromatic rings. The fraction of sp³-hybridized carbons (Fsp3) is 0.261. The highest BCUT2D eigenvalue weighted by Gasteiger charge is 2.30. The van der Waals surface area contributed by atoms with Crippen molar-refractivity contribution in [1.29, 1.82) is 0 Å². The summed E-state index contributed by atoms with van der Waals surface area (Å²) in [7, 11) is 0. The Balaban J connectivity index is 1.67. The molecule has 4 rings (SSSR count). The van der Waals surface area contributed by atoms with Crippen LogP contribution in [0.25, 0.3) is 5.69 Å². The molecule has 0 radical (unpaired) electrons. The Bertz CT molecular complexity index is 1250. The maximum atomic E-state index is 13.1. The monoisotopic (exact) mass is 442 g/mol. The van der Waals surface area contributed by atoms with Gasteiger partial charge in [0.25, 0.3) is 5.91 Å². The number of fused-ring (bicyclic) bond motifs is 1. The summed E-state index contributed by atoms with van der Waals surface area (Å²) in [5.74, 6) is -0.725. The third-order valence-electron chi connectivity index (χ3n) is 5.46. The quantitative estimate of drug-likeness (QED) is 0.658. The van der Waals surface area contributed by atoms with E-state index in [0.717, 1.165) is 42.0 Å². The van der Waals surface area contributed by atoms with Gasteiger partial charge in [-0.25, -0.2) is 4.68 Å². The van der Waals surface area contributed by atoms with Crippen LogP contribution in [-0.2, 0) is 12.6 Å². The van der Waals surface area contributed by atoms with Crippen molar-refractivity contribution in [3.8, 4) is 5.69 Å². The van der Waals surface area contributed by atoms with Crippen molar-refractivity contribution in [2.75, 3.05) is 23.3 Å². The van der Waals surface area contributed by atoms with Crippen LogP contribution < -0.4 is 15.6 Å². The molecule has 2 heterocycles. The molecule has 0 aliphatic carbocycles. The molecule has 0 fully saturated rings. The number of nitrogens with one attached hydrogen (secondary N) is 1. The molecule has 1 amide bonds. The third kappa shape index (κ3) is 4.10. The van der Waals surface area contributed by atoms with E-state index in [9.17, 15) is 22.8 Å². The summed E-state index contributed by atoms with van der Waals surface area (Å²) < 4.78 is 40.5. The normalized spacial score (nSPS) is 13.2. The number of carbonyl (C=O) groups is 1. The molecular formula is C23H21F3N4O2. The fourth-order valence-electron chi connectivity index (χ4n) is 3.82. The molecule has 32 heavy (non-hydrogen) atoms. The summed E-state index contributed by atoms with van der Waals surface area (Å²) in [5, 5.41) is 6.77. The first kappa shape index (κ1) is 21.6. The van der Waals surface area contributed by atoms with Crippen molar-refractivity contribution in [2.45, 2.75) is 26.4 Å². The number of alkyl halides is 3. The molecule has 2 aromatic carbocycles. The number of likely N-dealkylation sites (N-methyl/N-ethyl adjacent to an activating group) is 1. The molecule has 1 aromatic heterocycles. The first-order chi connectivity index (χ1) is 15.2. The minimum atomic E-state index is -4.52. The lowest BCUT2D eigenvalue weighted by atomic mass is 10.1. The molecule has 9 heteroatoms. The van der Waals surface area contributed by atoms with Crippen molar-refractivity contribution in [3.63, 3.8) is 0 Å². The van der Waals surface area contributed by atoms with E-state index in [4.69, 9.17) is 0 Å². The van der Waals surface area contributed by atoms with E-state index < -0.39 is 28.8 Å². The van der Waals surface area contributed by atoms with E-state index in [1.54, 1.807) is 6.07 Å². The van der Waals surface area contributed by atoms with Gasteiger partial charge in [0, 0.05) is 36.2 Å². The molecular weight excluding hydrogens is 421 g/mol. The molecule has 0 unspecified atom stereocenters. The molecule has 1 aliphatic rings. The molecule has 1 N–H and O–H groups in total. The molecule has 0 saturated carbocycles. The number of nitrogens with zero attached hydrogens (tertiary/aromatic N) is 3. The van der Waals surface area contributed by atoms with Crippen molar-refractivity contribution in [2.24, 2.45) is 0 Å². The number of carbonyl (C=O) groups excluding carboxylic acids is 1. The molecule has 6 nitrogen and oxygen atoms in total. The number of hydrogen-bond acceptors (Lipinski definition) is 4. The summed E-state index contributed by atoms with van der Waals surface area (Å²) >= 11 is 0. The van der Waals surface area contributed by atoms with Crippen LogP contribution in [0.1, 0.15) is 34.2 Å². The number of hydrogen-bond donors (Lipinski definition) is 1. The van der Waals surface area contributed by atoms with Crippen LogP contribution in [0.3, 0.4) is 0 Å². The number of benzene rings is 2. The maximum absolute atomic E-state index is 13.1. The van der Waals surface area contributed by atoms with Crippen molar-refractivity contribution >= 4 is 17.3 Å². The van der Waals surface area contributed by atoms with E-state index in [0.29, 0.717) is 11.4 Å². The first-order valence-electron chi connectivity index (χ1n) is 10.1. The Labute approximate surface area is 182 Å². The van der Waals surface area contributed by atoms with Crippen molar-refractivity contribution < 1.29 is 18.0 Å². The zero-order valence-electron chi connectivity index (χ0n) is 17.5. The Morgan fingerprint density at radius 2 is 1.94 bits per heavy atom. The second kappa shape index (κ2) is 8.14. The van der Waals surface area contributed by atoms with Crippen LogP contribution in [0.5, 0.6) is 0 Å². The second-order valence-corrected chi connectivity index (χ2v) is 7.59. The Hall–Kier alpha value is -3.62. The smallest absolute Gasteiger partial charge is 0.371 e. The summed E-state index contributed by atoms with van der Waals surface area (Å²) in [5.41, 5.74) is 1.28. The van der Waals surface area contributed by atoms with Gasteiger partial charge in [0.15, 0.2) is 5.69 Å². The predicted molar refractivity (Wildman–Crippen MR) is 116 cm³/mol. The molecule has 0 atom stereocenters. The molecule has 0 spiro atoms. The van der Waals surface area contributed by atoms with Crippen molar-refractivity contribution in [3.05, 3.63) is 81.3 Å². The van der Waals surface area contributed by atoms with E-state index in [1.807, 2.05) is 19.1 Å². The van der Waals surface area contributed by atoms with Crippen LogP contribution in [0.4, 0.5) is 24.5 Å². The average Bonchev–Trinajstić information content (AvgIpc) is 3.15. The fourth-order valence-corrected chi connectivity index (χ4v) is 3.82. The van der Waals surface area contributed by atoms with E-state index >= 15 is 0 Å². The summed E-state index contributed by atoms with van der Waals surface area (Å²) in [6.45, 7) is 5.33. The number of halogens is 3. The summed E-state index contributed by atoms with van der Waals surface area (Å²) in [6, 6.07) is 11.3. The minimum Gasteiger partial charge on any atom is -0.371 e. The van der Waals surface area contributed by atoms with Crippen LogP contribution in [0, 0.1) is 6.92 Å². The number of aromatic nitrogens is 2. The zero-order valence-corrected chi connectivity index (χ0v) is 17.5. The SMILES string of the molecule is CCN1CCc2ccc(NC(=O)c3nn(-c4cccc(C(F)(F)F)c4)c(C)cc3=O)cc21. The van der Waals surface area contributed by atoms with E-state index in [1.165, 1.54) is 30.7 Å². The standard InChI is InChI=1S/C23H21F3N4O2/c1-3-29-10-9-15-7-8-17(13-19(15)29)27-22(32)21-20(31)11-14(2)30(28-21)18-6-4-5-16(12-18)23(24,25)26/h4-8,11-13H,3,9-10H2,1-2H3,(H,27,32). The number of rotatable bonds is 4. The first-order valence-corrected chi connectivity index (χ1v) is 10.1. The van der Waals surface area contributed by atoms with Gasteiger partial charge >= 0.3 is 6.18 Å². The maximum Gasteiger partial charge on any atom is 0.416 e. The molecule has 166 valence electrons. The van der Waals surface area contributed by atoms with Gasteiger partial charge in [-0.15, -0.1) is 0 Å². The van der Waals surface area contributed by atoms with Crippen LogP contribution >= 0.6 is 0 Å². The van der Waals surface area contributed by atoms with Crippen LogP contribution in [-0.4, -0.2) is 28.8 Å². The predicted octanol–water partition coefficient (Wildman–Crippen LogP) is 4.19. The van der Waals surface area contributed by atoms with Gasteiger partial charge < -0.3 is 10.2 Å². The largest absolute Gasteiger partial charge is 0.416 e. The van der Waals surface area contributed by atoms with E-state index in [2.05, 4.69) is 15.3 Å². The van der Waals surface area contributed by atoms with Crippen LogP contribution in [0.2, 0.25) is 0 Å². The molecule has 0 saturated heterocycles. The van der Waals surface area contributed by atoms with Gasteiger partial charge in [0.05, 0.1) is 11.3 Å². The van der Waals surface area contributed by atoms with Gasteiger partial charge in [0.2, 0.25) is 5.43 Å². The van der Waals surface area contributed by atoms with Crippen LogP contribution in [0.15, 0.2) is 53.3 Å². The lowest BCUT2D eigenvalue weighted by Crippen LogP contribution is -2.27. The van der Waals surface area contributed by atoms with Gasteiger partial charge in [0.1, 0.15) is 0 Å². The highest BCUT2D eigenvalue weighted by Crippen LogP contribution is 2.31. The van der Waals surface area contributed by atoms with Gasteiger partial charge in [-0.3, -0.25) is 9.59 Å². The summed E-state index contributed by atoms with van der Waals surface area (Å²) in [6.07, 6.45) is -3.60. The highest BCUT2D eigenvalue weighted by molar-refractivity contribution is 6.03. The van der Waals surface area contributed by atoms with Gasteiger partial charge in [-0.1, -0.05) is 12.1 Å². The van der Waals surface area contributed by atoms with Gasteiger partial charge in [-0.2, -0.15) is 18.3 Å². The van der Waals surface area contributed by atoms with Gasteiger partial charge in [-0.05, 0) is 56.2 Å². The lowest BCUT2D eigenvalue weighted by Gasteiger charge is -2.17. The third-order valence-corrected chi connectivity index (χ3v) is 5.46. The minimum absolute atomic E-state index is 0.0995. The van der Waals surface area contributed by atoms with Crippen molar-refractivity contribution in [1.82, 2.24) is 9.78 Å². The second-order valence-electron chi connectivity index (χ2n) is 7.59. The highest BCUT2D eigenvalue weighted by atomic mass is 19.4. The lowest BCUT2D eigenvalue weighted by molar-refractivity contribution is -0.137. The topological polar surface area (TPSA) is 67.2 Å². The Morgan fingerprint density at radius 3 is 2.66 bits per heavy atom.